The van der Waals surface area contributed by atoms with Gasteiger partial charge in [-0.2, -0.15) is 0 Å². The molecule has 6 rings (SSSR count). The summed E-state index contributed by atoms with van der Waals surface area (Å²) in [4.78, 5) is 31.9. The van der Waals surface area contributed by atoms with Gasteiger partial charge in [0.25, 0.3) is 0 Å². The summed E-state index contributed by atoms with van der Waals surface area (Å²) < 4.78 is 0. The van der Waals surface area contributed by atoms with Crippen LogP contribution >= 0.6 is 48.0 Å². The van der Waals surface area contributed by atoms with Crippen molar-refractivity contribution in [2.24, 2.45) is 0 Å². The lowest BCUT2D eigenvalue weighted by Crippen LogP contribution is -1.96. The number of aryl methyl sites for hydroxylation is 2. The molecule has 4 heterocycles. The van der Waals surface area contributed by atoms with E-state index in [1.807, 2.05) is 68.6 Å². The standard InChI is InChI=1S/C18H12ClN3.C18H13ClN2O2.2ClH.FH.H2/c1-12-3-4-14(10-21-12)18-17(9-15(19)11-22-18)13-5-7-16(20-2)8-6-13;1-11-2-3-14(9-20-11)17-16(8-15(19)10-21-17)12-4-6-13(7-5-12)18(22)23;;;;/h3-11H,1H3;2-10H,1H3,(H,22,23);4*1H/i;;;;;1+1. The number of hydrogen-bond donors (Lipinski definition) is 1. The van der Waals surface area contributed by atoms with E-state index in [4.69, 9.17) is 34.9 Å². The maximum absolute atomic E-state index is 11.0. The van der Waals surface area contributed by atoms with Gasteiger partial charge in [-0.1, -0.05) is 59.6 Å². The molecule has 1 N–H and O–H groups in total. The Labute approximate surface area is 301 Å². The van der Waals surface area contributed by atoms with E-state index < -0.39 is 5.97 Å². The molecule has 0 fully saturated rings. The number of carboxylic acids is 1. The Kier molecular flexibility index (Phi) is 14.6. The third-order valence-electron chi connectivity index (χ3n) is 6.83. The van der Waals surface area contributed by atoms with Gasteiger partial charge in [0.15, 0.2) is 5.69 Å². The fraction of sp³-hybridized carbons (Fsp3) is 0.0556. The van der Waals surface area contributed by atoms with Crippen molar-refractivity contribution in [3.05, 3.63) is 148 Å². The first-order chi connectivity index (χ1) is 21.7. The zero-order valence-corrected chi connectivity index (χ0v) is 28.6. The van der Waals surface area contributed by atoms with Gasteiger partial charge in [-0.3, -0.25) is 24.6 Å². The quantitative estimate of drug-likeness (QED) is 0.178. The van der Waals surface area contributed by atoms with E-state index >= 15 is 0 Å². The second-order valence-corrected chi connectivity index (χ2v) is 10.9. The number of pyridine rings is 4. The zero-order valence-electron chi connectivity index (χ0n) is 25.5. The molecule has 0 saturated heterocycles. The molecule has 246 valence electrons. The van der Waals surface area contributed by atoms with Crippen LogP contribution in [0.2, 0.25) is 10.0 Å². The minimum absolute atomic E-state index is 0. The van der Waals surface area contributed by atoms with Crippen LogP contribution in [0.3, 0.4) is 0 Å². The van der Waals surface area contributed by atoms with E-state index in [2.05, 4.69) is 24.8 Å². The number of nitrogens with zero attached hydrogens (tertiary/aromatic N) is 5. The van der Waals surface area contributed by atoms with Crippen molar-refractivity contribution < 1.29 is 16.0 Å². The van der Waals surface area contributed by atoms with Gasteiger partial charge in [-0.05, 0) is 73.5 Å². The number of hydrogen-bond acceptors (Lipinski definition) is 5. The van der Waals surface area contributed by atoms with Gasteiger partial charge in [0.05, 0.1) is 33.6 Å². The first-order valence-corrected chi connectivity index (χ1v) is 14.5. The molecule has 0 aliphatic rings. The Bertz CT molecular complexity index is 2030. The highest BCUT2D eigenvalue weighted by atomic mass is 35.5. The molecule has 12 heteroatoms. The minimum Gasteiger partial charge on any atom is -0.478 e. The fourth-order valence-corrected chi connectivity index (χ4v) is 4.82. The van der Waals surface area contributed by atoms with Gasteiger partial charge in [-0.15, -0.1) is 24.8 Å². The summed E-state index contributed by atoms with van der Waals surface area (Å²) >= 11 is 12.2. The summed E-state index contributed by atoms with van der Waals surface area (Å²) in [6.07, 6.45) is 6.79. The second kappa shape index (κ2) is 17.9. The summed E-state index contributed by atoms with van der Waals surface area (Å²) in [5.41, 5.74) is 9.71. The Balaban J connectivity index is 0.000000453. The second-order valence-electron chi connectivity index (χ2n) is 10.0. The summed E-state index contributed by atoms with van der Waals surface area (Å²) in [5.74, 6) is -0.955. The van der Waals surface area contributed by atoms with Crippen molar-refractivity contribution in [1.82, 2.24) is 19.9 Å². The minimum atomic E-state index is -0.955. The zero-order chi connectivity index (χ0) is 31.9. The van der Waals surface area contributed by atoms with Crippen molar-refractivity contribution in [2.45, 2.75) is 13.8 Å². The Morgan fingerprint density at radius 2 is 1.04 bits per heavy atom. The van der Waals surface area contributed by atoms with Gasteiger partial charge >= 0.3 is 5.97 Å². The van der Waals surface area contributed by atoms with Crippen molar-refractivity contribution in [1.29, 1.82) is 0 Å². The third-order valence-corrected chi connectivity index (χ3v) is 7.24. The molecule has 7 nitrogen and oxygen atoms in total. The van der Waals surface area contributed by atoms with Crippen LogP contribution < -0.4 is 0 Å². The van der Waals surface area contributed by atoms with Crippen LogP contribution in [0.4, 0.5) is 10.4 Å². The molecule has 4 aromatic heterocycles. The molecular weight excluding hydrogens is 695 g/mol. The molecule has 0 spiro atoms. The van der Waals surface area contributed by atoms with Crippen molar-refractivity contribution >= 4 is 59.7 Å². The SMILES string of the molecule is Cc1ccc(-c2ncc(Cl)cc2-c2ccc(C(=O)O)cc2)cn1.Cl.Cl.F.[2HH].[C-]#[N+]c1ccc(-c2cc(Cl)cnc2-c2ccc(C)nc2)cc1. The number of halogens is 5. The Morgan fingerprint density at radius 1 is 0.646 bits per heavy atom. The molecule has 0 aliphatic heterocycles. The van der Waals surface area contributed by atoms with Crippen molar-refractivity contribution in [3.8, 4) is 44.8 Å². The third kappa shape index (κ3) is 9.57. The van der Waals surface area contributed by atoms with E-state index in [0.29, 0.717) is 15.7 Å². The maximum atomic E-state index is 11.0. The van der Waals surface area contributed by atoms with Gasteiger partial charge in [0, 0.05) is 59.9 Å². The van der Waals surface area contributed by atoms with E-state index in [1.54, 1.807) is 55.0 Å². The normalized spacial score (nSPS) is 9.73. The average Bonchev–Trinajstić information content (AvgIpc) is 3.06. The summed E-state index contributed by atoms with van der Waals surface area (Å²) in [6.45, 7) is 10.9. The molecule has 6 aromatic rings. The highest BCUT2D eigenvalue weighted by molar-refractivity contribution is 6.31. The van der Waals surface area contributed by atoms with Crippen LogP contribution in [0.5, 0.6) is 0 Å². The van der Waals surface area contributed by atoms with Crippen LogP contribution in [0.1, 0.15) is 23.2 Å². The predicted octanol–water partition coefficient (Wildman–Crippen LogP) is 11.0. The van der Waals surface area contributed by atoms with Crippen molar-refractivity contribution in [3.63, 3.8) is 0 Å². The lowest BCUT2D eigenvalue weighted by molar-refractivity contribution is 0.0697. The highest BCUT2D eigenvalue weighted by Crippen LogP contribution is 2.34. The molecule has 0 unspecified atom stereocenters. The number of rotatable bonds is 5. The van der Waals surface area contributed by atoms with E-state index in [-0.39, 0.29) is 36.5 Å². The Hall–Kier alpha value is -4.91. The van der Waals surface area contributed by atoms with Crippen LogP contribution in [0.15, 0.2) is 110 Å². The topological polar surface area (TPSA) is 93.2 Å². The average molecular weight is 726 g/mol. The smallest absolute Gasteiger partial charge is 0.335 e. The van der Waals surface area contributed by atoms with Crippen LogP contribution in [-0.4, -0.2) is 31.0 Å². The summed E-state index contributed by atoms with van der Waals surface area (Å²) in [5, 5.41) is 10.1. The van der Waals surface area contributed by atoms with E-state index in [9.17, 15) is 4.79 Å². The molecule has 0 amide bonds. The molecule has 2 aromatic carbocycles. The van der Waals surface area contributed by atoms with Gasteiger partial charge < -0.3 is 5.11 Å². The summed E-state index contributed by atoms with van der Waals surface area (Å²) in [6, 6.07) is 25.6. The molecule has 0 atom stereocenters. The molecule has 0 bridgehead atoms. The predicted molar refractivity (Wildman–Crippen MR) is 198 cm³/mol. The molecule has 0 saturated carbocycles. The molecular formula is C36H30Cl4FN5O2. The van der Waals surface area contributed by atoms with Crippen molar-refractivity contribution in [2.75, 3.05) is 0 Å². The number of carboxylic acid groups (broad SMARTS) is 1. The molecule has 48 heavy (non-hydrogen) atoms. The highest BCUT2D eigenvalue weighted by Gasteiger charge is 2.13. The number of benzene rings is 2. The van der Waals surface area contributed by atoms with E-state index in [0.717, 1.165) is 56.2 Å². The first kappa shape index (κ1) is 39.3. The van der Waals surface area contributed by atoms with Crippen LogP contribution in [0, 0.1) is 20.4 Å². The number of carbonyl (C=O) groups is 1. The first-order valence-electron chi connectivity index (χ1n) is 13.7. The maximum Gasteiger partial charge on any atom is 0.335 e. The lowest BCUT2D eigenvalue weighted by Gasteiger charge is -2.10. The largest absolute Gasteiger partial charge is 0.478 e. The molecule has 0 radical (unpaired) electrons. The number of aromatic nitrogens is 4. The number of aromatic carboxylic acids is 1. The van der Waals surface area contributed by atoms with Gasteiger partial charge in [0.2, 0.25) is 0 Å². The monoisotopic (exact) mass is 724 g/mol. The fourth-order valence-electron chi connectivity index (χ4n) is 4.50. The molecule has 0 aliphatic carbocycles. The van der Waals surface area contributed by atoms with Gasteiger partial charge in [0.1, 0.15) is 0 Å². The van der Waals surface area contributed by atoms with Gasteiger partial charge in [-0.25, -0.2) is 9.64 Å². The lowest BCUT2D eigenvalue weighted by atomic mass is 9.99. The van der Waals surface area contributed by atoms with Crippen LogP contribution in [-0.2, 0) is 0 Å². The Morgan fingerprint density at radius 3 is 1.40 bits per heavy atom. The summed E-state index contributed by atoms with van der Waals surface area (Å²) in [7, 11) is 0. The van der Waals surface area contributed by atoms with E-state index in [1.165, 1.54) is 0 Å². The van der Waals surface area contributed by atoms with Crippen LogP contribution in [0.25, 0.3) is 49.6 Å².